The second-order valence-electron chi connectivity index (χ2n) is 6.26. The van der Waals surface area contributed by atoms with Gasteiger partial charge in [0.2, 0.25) is 5.91 Å². The Morgan fingerprint density at radius 3 is 2.48 bits per heavy atom. The summed E-state index contributed by atoms with van der Waals surface area (Å²) < 4.78 is 10.4. The van der Waals surface area contributed by atoms with Crippen LogP contribution in [0.1, 0.15) is 5.56 Å². The molecule has 144 valence electrons. The van der Waals surface area contributed by atoms with Crippen molar-refractivity contribution in [2.45, 2.75) is 6.42 Å². The molecule has 2 aromatic rings. The van der Waals surface area contributed by atoms with Gasteiger partial charge in [0, 0.05) is 26.2 Å². The van der Waals surface area contributed by atoms with Crippen LogP contribution in [0.4, 0.5) is 11.6 Å². The second kappa shape index (κ2) is 9.84. The number of anilines is 2. The fourth-order valence-electron chi connectivity index (χ4n) is 2.78. The fourth-order valence-corrected chi connectivity index (χ4v) is 2.78. The van der Waals surface area contributed by atoms with E-state index in [4.69, 9.17) is 9.47 Å². The Hall–Kier alpha value is -2.71. The molecular weight excluding hydrogens is 346 g/mol. The van der Waals surface area contributed by atoms with Crippen molar-refractivity contribution < 1.29 is 14.3 Å². The van der Waals surface area contributed by atoms with E-state index < -0.39 is 0 Å². The zero-order valence-electron chi connectivity index (χ0n) is 15.5. The van der Waals surface area contributed by atoms with Gasteiger partial charge in [-0.15, -0.1) is 10.2 Å². The van der Waals surface area contributed by atoms with Crippen LogP contribution in [0, 0.1) is 0 Å². The van der Waals surface area contributed by atoms with Gasteiger partial charge < -0.3 is 20.1 Å². The highest BCUT2D eigenvalue weighted by molar-refractivity contribution is 5.91. The third-order valence-electron chi connectivity index (χ3n) is 4.29. The number of aromatic nitrogens is 2. The third-order valence-corrected chi connectivity index (χ3v) is 4.29. The maximum absolute atomic E-state index is 12.1. The van der Waals surface area contributed by atoms with Crippen molar-refractivity contribution in [1.29, 1.82) is 0 Å². The van der Waals surface area contributed by atoms with Crippen LogP contribution in [0.15, 0.2) is 36.4 Å². The molecule has 8 heteroatoms. The summed E-state index contributed by atoms with van der Waals surface area (Å²) in [4.78, 5) is 14.5. The van der Waals surface area contributed by atoms with Crippen molar-refractivity contribution in [2.24, 2.45) is 0 Å². The number of rotatable bonds is 8. The highest BCUT2D eigenvalue weighted by Crippen LogP contribution is 2.12. The van der Waals surface area contributed by atoms with Gasteiger partial charge in [-0.25, -0.2) is 0 Å². The molecule has 1 aliphatic heterocycles. The number of methoxy groups -OCH3 is 1. The normalized spacial score (nSPS) is 14.6. The monoisotopic (exact) mass is 371 g/mol. The zero-order chi connectivity index (χ0) is 18.9. The van der Waals surface area contributed by atoms with Crippen LogP contribution in [0.25, 0.3) is 0 Å². The fraction of sp³-hybridized carbons (Fsp3) is 0.421. The Bertz CT molecular complexity index is 715. The molecule has 8 nitrogen and oxygen atoms in total. The first-order chi connectivity index (χ1) is 13.2. The van der Waals surface area contributed by atoms with Gasteiger partial charge in [-0.3, -0.25) is 9.69 Å². The molecule has 0 radical (unpaired) electrons. The maximum Gasteiger partial charge on any atom is 0.229 e. The van der Waals surface area contributed by atoms with Crippen LogP contribution in [-0.2, 0) is 16.0 Å². The summed E-state index contributed by atoms with van der Waals surface area (Å²) in [6.45, 7) is 5.25. The predicted molar refractivity (Wildman–Crippen MR) is 103 cm³/mol. The Labute approximate surface area is 158 Å². The number of carbonyl (C=O) groups excluding carboxylic acids is 1. The molecule has 1 amide bonds. The number of nitrogens with one attached hydrogen (secondary N) is 2. The maximum atomic E-state index is 12.1. The van der Waals surface area contributed by atoms with Gasteiger partial charge in [0.1, 0.15) is 11.6 Å². The number of hydrogen-bond acceptors (Lipinski definition) is 7. The molecule has 1 fully saturated rings. The van der Waals surface area contributed by atoms with E-state index in [9.17, 15) is 4.79 Å². The first-order valence-corrected chi connectivity index (χ1v) is 9.03. The lowest BCUT2D eigenvalue weighted by molar-refractivity contribution is -0.115. The van der Waals surface area contributed by atoms with E-state index in [0.29, 0.717) is 11.6 Å². The number of hydrogen-bond donors (Lipinski definition) is 2. The largest absolute Gasteiger partial charge is 0.497 e. The van der Waals surface area contributed by atoms with E-state index in [2.05, 4.69) is 25.7 Å². The predicted octanol–water partition coefficient (Wildman–Crippen LogP) is 1.41. The number of ether oxygens (including phenoxy) is 2. The average molecular weight is 371 g/mol. The lowest BCUT2D eigenvalue weighted by Gasteiger charge is -2.26. The summed E-state index contributed by atoms with van der Waals surface area (Å²) in [6, 6.07) is 11.0. The SMILES string of the molecule is COc1ccc(CC(=O)Nc2ccc(NCCN3CCOCC3)nn2)cc1. The van der Waals surface area contributed by atoms with Crippen molar-refractivity contribution in [1.82, 2.24) is 15.1 Å². The van der Waals surface area contributed by atoms with Gasteiger partial charge >= 0.3 is 0 Å². The molecule has 0 bridgehead atoms. The summed E-state index contributed by atoms with van der Waals surface area (Å²) in [6.07, 6.45) is 0.269. The topological polar surface area (TPSA) is 88.6 Å². The van der Waals surface area contributed by atoms with Crippen LogP contribution in [0.5, 0.6) is 5.75 Å². The van der Waals surface area contributed by atoms with E-state index in [1.54, 1.807) is 13.2 Å². The Morgan fingerprint density at radius 2 is 1.81 bits per heavy atom. The van der Waals surface area contributed by atoms with Crippen LogP contribution in [0.2, 0.25) is 0 Å². The first-order valence-electron chi connectivity index (χ1n) is 9.03. The first kappa shape index (κ1) is 19.1. The van der Waals surface area contributed by atoms with Gasteiger partial charge in [0.25, 0.3) is 0 Å². The molecule has 2 N–H and O–H groups in total. The number of nitrogens with zero attached hydrogens (tertiary/aromatic N) is 3. The Kier molecular flexibility index (Phi) is 6.95. The van der Waals surface area contributed by atoms with Gasteiger partial charge in [-0.1, -0.05) is 12.1 Å². The van der Waals surface area contributed by atoms with Crippen molar-refractivity contribution >= 4 is 17.5 Å². The van der Waals surface area contributed by atoms with Crippen molar-refractivity contribution in [3.63, 3.8) is 0 Å². The molecule has 2 heterocycles. The third kappa shape index (κ3) is 6.19. The molecule has 1 aromatic heterocycles. The minimum atomic E-state index is -0.137. The molecule has 1 aliphatic rings. The van der Waals surface area contributed by atoms with Gasteiger partial charge in [-0.2, -0.15) is 0 Å². The van der Waals surface area contributed by atoms with Gasteiger partial charge in [0.15, 0.2) is 5.82 Å². The van der Waals surface area contributed by atoms with Crippen LogP contribution in [-0.4, -0.2) is 67.5 Å². The molecule has 0 saturated carbocycles. The Balaban J connectivity index is 1.41. The number of carbonyl (C=O) groups is 1. The molecule has 0 aliphatic carbocycles. The quantitative estimate of drug-likeness (QED) is 0.725. The van der Waals surface area contributed by atoms with Crippen molar-refractivity contribution in [2.75, 3.05) is 57.1 Å². The van der Waals surface area contributed by atoms with Gasteiger partial charge in [0.05, 0.1) is 26.7 Å². The minimum Gasteiger partial charge on any atom is -0.497 e. The van der Waals surface area contributed by atoms with E-state index in [0.717, 1.165) is 50.7 Å². The van der Waals surface area contributed by atoms with E-state index >= 15 is 0 Å². The van der Waals surface area contributed by atoms with E-state index in [1.165, 1.54) is 0 Å². The molecule has 1 aromatic carbocycles. The average Bonchev–Trinajstić information content (AvgIpc) is 2.71. The van der Waals surface area contributed by atoms with Crippen LogP contribution >= 0.6 is 0 Å². The van der Waals surface area contributed by atoms with E-state index in [-0.39, 0.29) is 12.3 Å². The zero-order valence-corrected chi connectivity index (χ0v) is 15.5. The number of morpholine rings is 1. The lowest BCUT2D eigenvalue weighted by atomic mass is 10.1. The van der Waals surface area contributed by atoms with Gasteiger partial charge in [-0.05, 0) is 29.8 Å². The molecular formula is C19H25N5O3. The summed E-state index contributed by atoms with van der Waals surface area (Å²) in [7, 11) is 1.61. The molecule has 0 unspecified atom stereocenters. The second-order valence-corrected chi connectivity index (χ2v) is 6.26. The smallest absolute Gasteiger partial charge is 0.229 e. The summed E-state index contributed by atoms with van der Waals surface area (Å²) in [5.41, 5.74) is 0.905. The van der Waals surface area contributed by atoms with Crippen LogP contribution < -0.4 is 15.4 Å². The highest BCUT2D eigenvalue weighted by atomic mass is 16.5. The Morgan fingerprint density at radius 1 is 1.11 bits per heavy atom. The summed E-state index contributed by atoms with van der Waals surface area (Å²) in [5, 5.41) is 14.2. The van der Waals surface area contributed by atoms with Crippen molar-refractivity contribution in [3.05, 3.63) is 42.0 Å². The highest BCUT2D eigenvalue weighted by Gasteiger charge is 2.10. The van der Waals surface area contributed by atoms with E-state index in [1.807, 2.05) is 30.3 Å². The van der Waals surface area contributed by atoms with Crippen LogP contribution in [0.3, 0.4) is 0 Å². The number of benzene rings is 1. The molecule has 3 rings (SSSR count). The standard InChI is InChI=1S/C19H25N5O3/c1-26-16-4-2-15(3-5-16)14-19(25)21-18-7-6-17(22-23-18)20-8-9-24-10-12-27-13-11-24/h2-7H,8-14H2,1H3,(H,20,22)(H,21,23,25). The summed E-state index contributed by atoms with van der Waals surface area (Å²) in [5.74, 6) is 1.76. The van der Waals surface area contributed by atoms with Crippen molar-refractivity contribution in [3.8, 4) is 5.75 Å². The molecule has 0 spiro atoms. The minimum absolute atomic E-state index is 0.137. The lowest BCUT2D eigenvalue weighted by Crippen LogP contribution is -2.39. The molecule has 27 heavy (non-hydrogen) atoms. The summed E-state index contributed by atoms with van der Waals surface area (Å²) >= 11 is 0. The molecule has 1 saturated heterocycles. The number of amides is 1. The molecule has 0 atom stereocenters.